The highest BCUT2D eigenvalue weighted by Crippen LogP contribution is 2.39. The summed E-state index contributed by atoms with van der Waals surface area (Å²) in [6.07, 6.45) is 3.02. The van der Waals surface area contributed by atoms with Crippen LogP contribution in [0.15, 0.2) is 24.3 Å². The number of nitrogens with one attached hydrogen (secondary N) is 1. The molecular formula is C22H25FN4OS. The van der Waals surface area contributed by atoms with Crippen LogP contribution >= 0.6 is 11.3 Å². The van der Waals surface area contributed by atoms with Gasteiger partial charge in [-0.3, -0.25) is 9.69 Å². The Bertz CT molecular complexity index is 926. The average Bonchev–Trinajstić information content (AvgIpc) is 3.05. The molecule has 1 aromatic heterocycles. The largest absolute Gasteiger partial charge is 0.369 e. The number of halogens is 1. The SMILES string of the molecule is CC1CCc2c(sc(NC(=O)CN3CCN(c4ccc(F)cc4)CC3)c2C#N)C1. The van der Waals surface area contributed by atoms with Crippen LogP contribution in [0.25, 0.3) is 0 Å². The van der Waals surface area contributed by atoms with Crippen LogP contribution in [-0.2, 0) is 17.6 Å². The van der Waals surface area contributed by atoms with E-state index in [4.69, 9.17) is 0 Å². The summed E-state index contributed by atoms with van der Waals surface area (Å²) >= 11 is 1.57. The molecule has 1 N–H and O–H groups in total. The number of benzene rings is 1. The number of hydrogen-bond acceptors (Lipinski definition) is 5. The molecule has 0 radical (unpaired) electrons. The molecule has 0 spiro atoms. The zero-order valence-electron chi connectivity index (χ0n) is 16.6. The standard InChI is InChI=1S/C22H25FN4OS/c1-15-2-7-18-19(13-24)22(29-20(18)12-15)25-21(28)14-26-8-10-27(11-9-26)17-5-3-16(23)4-6-17/h3-6,15H,2,7-12,14H2,1H3,(H,25,28). The van der Waals surface area contributed by atoms with E-state index in [2.05, 4.69) is 28.1 Å². The number of nitriles is 1. The Morgan fingerprint density at radius 1 is 1.28 bits per heavy atom. The van der Waals surface area contributed by atoms with Gasteiger partial charge in [0.1, 0.15) is 16.9 Å². The summed E-state index contributed by atoms with van der Waals surface area (Å²) in [5.74, 6) is 0.336. The van der Waals surface area contributed by atoms with E-state index >= 15 is 0 Å². The quantitative estimate of drug-likeness (QED) is 0.833. The first-order valence-electron chi connectivity index (χ1n) is 10.1. The number of hydrogen-bond donors (Lipinski definition) is 1. The highest BCUT2D eigenvalue weighted by atomic mass is 32.1. The van der Waals surface area contributed by atoms with Gasteiger partial charge in [0.05, 0.1) is 12.1 Å². The molecule has 1 fully saturated rings. The van der Waals surface area contributed by atoms with Gasteiger partial charge in [0.15, 0.2) is 0 Å². The van der Waals surface area contributed by atoms with Crippen molar-refractivity contribution in [3.05, 3.63) is 46.1 Å². The number of anilines is 2. The molecule has 1 aromatic carbocycles. The summed E-state index contributed by atoms with van der Waals surface area (Å²) in [4.78, 5) is 18.2. The van der Waals surface area contributed by atoms with Crippen LogP contribution in [0.4, 0.5) is 15.1 Å². The highest BCUT2D eigenvalue weighted by molar-refractivity contribution is 7.16. The molecule has 152 valence electrons. The highest BCUT2D eigenvalue weighted by Gasteiger charge is 2.25. The predicted octanol–water partition coefficient (Wildman–Crippen LogP) is 3.64. The van der Waals surface area contributed by atoms with Crippen LogP contribution in [0, 0.1) is 23.1 Å². The smallest absolute Gasteiger partial charge is 0.239 e. The molecule has 1 aliphatic heterocycles. The van der Waals surface area contributed by atoms with Crippen molar-refractivity contribution >= 4 is 27.9 Å². The molecule has 2 aliphatic rings. The number of carbonyl (C=O) groups is 1. The maximum absolute atomic E-state index is 13.1. The fourth-order valence-electron chi connectivity index (χ4n) is 4.14. The third-order valence-corrected chi connectivity index (χ3v) is 6.98. The predicted molar refractivity (Wildman–Crippen MR) is 114 cm³/mol. The van der Waals surface area contributed by atoms with Gasteiger partial charge in [-0.1, -0.05) is 6.92 Å². The first-order chi connectivity index (χ1) is 14.0. The van der Waals surface area contributed by atoms with Crippen molar-refractivity contribution in [3.63, 3.8) is 0 Å². The van der Waals surface area contributed by atoms with E-state index in [-0.39, 0.29) is 11.7 Å². The maximum atomic E-state index is 13.1. The topological polar surface area (TPSA) is 59.4 Å². The van der Waals surface area contributed by atoms with E-state index in [1.807, 2.05) is 0 Å². The number of fused-ring (bicyclic) bond motifs is 1. The number of nitrogens with zero attached hydrogens (tertiary/aromatic N) is 3. The minimum absolute atomic E-state index is 0.0663. The lowest BCUT2D eigenvalue weighted by Crippen LogP contribution is -2.48. The lowest BCUT2D eigenvalue weighted by molar-refractivity contribution is -0.117. The summed E-state index contributed by atoms with van der Waals surface area (Å²) < 4.78 is 13.1. The van der Waals surface area contributed by atoms with Crippen molar-refractivity contribution in [1.82, 2.24) is 4.90 Å². The molecule has 1 saturated heterocycles. The summed E-state index contributed by atoms with van der Waals surface area (Å²) in [6, 6.07) is 8.84. The van der Waals surface area contributed by atoms with Crippen LogP contribution < -0.4 is 10.2 Å². The lowest BCUT2D eigenvalue weighted by Gasteiger charge is -2.35. The number of rotatable bonds is 4. The molecule has 0 saturated carbocycles. The molecular weight excluding hydrogens is 387 g/mol. The summed E-state index contributed by atoms with van der Waals surface area (Å²) in [7, 11) is 0. The van der Waals surface area contributed by atoms with Gasteiger partial charge in [-0.25, -0.2) is 4.39 Å². The second-order valence-corrected chi connectivity index (χ2v) is 9.06. The zero-order chi connectivity index (χ0) is 20.4. The van der Waals surface area contributed by atoms with Crippen molar-refractivity contribution in [2.45, 2.75) is 26.2 Å². The van der Waals surface area contributed by atoms with Gasteiger partial charge in [-0.05, 0) is 55.0 Å². The summed E-state index contributed by atoms with van der Waals surface area (Å²) in [5, 5.41) is 13.3. The Hall–Kier alpha value is -2.43. The first-order valence-corrected chi connectivity index (χ1v) is 10.9. The number of thiophene rings is 1. The van der Waals surface area contributed by atoms with Crippen molar-refractivity contribution in [2.24, 2.45) is 5.92 Å². The Labute approximate surface area is 174 Å². The molecule has 29 heavy (non-hydrogen) atoms. The minimum atomic E-state index is -0.231. The van der Waals surface area contributed by atoms with Crippen molar-refractivity contribution in [3.8, 4) is 6.07 Å². The third-order valence-electron chi connectivity index (χ3n) is 5.81. The van der Waals surface area contributed by atoms with E-state index in [0.29, 0.717) is 23.0 Å². The Morgan fingerprint density at radius 3 is 2.69 bits per heavy atom. The van der Waals surface area contributed by atoms with Crippen LogP contribution in [0.3, 0.4) is 0 Å². The second kappa shape index (κ2) is 8.52. The van der Waals surface area contributed by atoms with Crippen molar-refractivity contribution < 1.29 is 9.18 Å². The fraction of sp³-hybridized carbons (Fsp3) is 0.455. The Morgan fingerprint density at radius 2 is 2.00 bits per heavy atom. The molecule has 4 rings (SSSR count). The van der Waals surface area contributed by atoms with E-state index in [1.165, 1.54) is 17.0 Å². The minimum Gasteiger partial charge on any atom is -0.369 e. The Balaban J connectivity index is 1.33. The van der Waals surface area contributed by atoms with Gasteiger partial charge in [0.25, 0.3) is 0 Å². The molecule has 5 nitrogen and oxygen atoms in total. The molecule has 1 aliphatic carbocycles. The third kappa shape index (κ3) is 4.44. The van der Waals surface area contributed by atoms with Crippen LogP contribution in [0.1, 0.15) is 29.3 Å². The lowest BCUT2D eigenvalue weighted by atomic mass is 9.89. The van der Waals surface area contributed by atoms with Crippen molar-refractivity contribution in [1.29, 1.82) is 5.26 Å². The van der Waals surface area contributed by atoms with Gasteiger partial charge in [0, 0.05) is 36.7 Å². The molecule has 1 atom stereocenters. The van der Waals surface area contributed by atoms with Gasteiger partial charge in [-0.2, -0.15) is 5.26 Å². The van der Waals surface area contributed by atoms with E-state index < -0.39 is 0 Å². The summed E-state index contributed by atoms with van der Waals surface area (Å²) in [5.41, 5.74) is 2.80. The van der Waals surface area contributed by atoms with E-state index in [1.54, 1.807) is 23.5 Å². The first kappa shape index (κ1) is 19.9. The normalized spacial score (nSPS) is 19.5. The number of carbonyl (C=O) groups excluding carboxylic acids is 1. The Kier molecular flexibility index (Phi) is 5.84. The van der Waals surface area contributed by atoms with Gasteiger partial charge in [0.2, 0.25) is 5.91 Å². The molecule has 1 amide bonds. The van der Waals surface area contributed by atoms with Crippen LogP contribution in [-0.4, -0.2) is 43.5 Å². The summed E-state index contributed by atoms with van der Waals surface area (Å²) in [6.45, 7) is 5.70. The average molecular weight is 413 g/mol. The molecule has 2 aromatic rings. The van der Waals surface area contributed by atoms with Gasteiger partial charge in [-0.15, -0.1) is 11.3 Å². The van der Waals surface area contributed by atoms with Crippen LogP contribution in [0.5, 0.6) is 0 Å². The second-order valence-electron chi connectivity index (χ2n) is 7.96. The molecule has 1 unspecified atom stereocenters. The van der Waals surface area contributed by atoms with E-state index in [0.717, 1.165) is 56.7 Å². The molecule has 7 heteroatoms. The maximum Gasteiger partial charge on any atom is 0.239 e. The van der Waals surface area contributed by atoms with E-state index in [9.17, 15) is 14.4 Å². The van der Waals surface area contributed by atoms with Crippen molar-refractivity contribution in [2.75, 3.05) is 42.9 Å². The van der Waals surface area contributed by atoms with Crippen LogP contribution in [0.2, 0.25) is 0 Å². The molecule has 0 bridgehead atoms. The number of piperazine rings is 1. The zero-order valence-corrected chi connectivity index (χ0v) is 17.4. The van der Waals surface area contributed by atoms with Gasteiger partial charge >= 0.3 is 0 Å². The fourth-order valence-corrected chi connectivity index (χ4v) is 5.52. The number of amides is 1. The van der Waals surface area contributed by atoms with Gasteiger partial charge < -0.3 is 10.2 Å². The molecule has 2 heterocycles. The monoisotopic (exact) mass is 412 g/mol.